The van der Waals surface area contributed by atoms with E-state index < -0.39 is 13.7 Å². The Hall–Kier alpha value is -2.80. The highest BCUT2D eigenvalue weighted by Gasteiger charge is 2.48. The van der Waals surface area contributed by atoms with Crippen LogP contribution < -0.4 is 10.6 Å². The number of nitrogens with one attached hydrogen (secondary N) is 2. The lowest BCUT2D eigenvalue weighted by atomic mass is 9.84. The minimum atomic E-state index is -1.33. The zero-order chi connectivity index (χ0) is 54.0. The largest absolute Gasteiger partial charge is 0.400 e. The number of nitrogens with zero attached hydrogens (tertiary/aromatic N) is 3. The summed E-state index contributed by atoms with van der Waals surface area (Å²) in [5.41, 5.74) is 6.26. The van der Waals surface area contributed by atoms with Gasteiger partial charge < -0.3 is 35.5 Å². The van der Waals surface area contributed by atoms with Gasteiger partial charge in [0, 0.05) is 70.2 Å². The van der Waals surface area contributed by atoms with Gasteiger partial charge in [-0.3, -0.25) is 9.80 Å². The molecule has 75 heavy (non-hydrogen) atoms. The number of aldehydes is 2. The number of hydrogen-bond acceptors (Lipinski definition) is 10. The molecule has 4 aliphatic carbocycles. The molecule has 4 heterocycles. The third-order valence-electron chi connectivity index (χ3n) is 17.1. The lowest BCUT2D eigenvalue weighted by Crippen LogP contribution is -2.27. The first kappa shape index (κ1) is 64.7. The second-order valence-electron chi connectivity index (χ2n) is 25.7. The molecule has 418 valence electrons. The zero-order valence-corrected chi connectivity index (χ0v) is 50.5. The number of halogens is 2. The summed E-state index contributed by atoms with van der Waals surface area (Å²) in [6.07, 6.45) is 12.7. The number of alkyl halides is 1. The average Bonchev–Trinajstić information content (AvgIpc) is 4.25. The lowest BCUT2D eigenvalue weighted by molar-refractivity contribution is -0.110. The van der Waals surface area contributed by atoms with Gasteiger partial charge in [0.2, 0.25) is 0 Å². The predicted octanol–water partition coefficient (Wildman–Crippen LogP) is 11.0. The third kappa shape index (κ3) is 21.4. The van der Waals surface area contributed by atoms with Crippen molar-refractivity contribution >= 4 is 49.0 Å². The van der Waals surface area contributed by atoms with Gasteiger partial charge in [-0.25, -0.2) is 5.26 Å². The first-order chi connectivity index (χ1) is 35.2. The summed E-state index contributed by atoms with van der Waals surface area (Å²) in [4.78, 5) is 26.4. The Kier molecular flexibility index (Phi) is 26.3. The van der Waals surface area contributed by atoms with Crippen LogP contribution in [0, 0.1) is 69.1 Å². The van der Waals surface area contributed by atoms with Crippen LogP contribution >= 0.6 is 28.3 Å². The van der Waals surface area contributed by atoms with E-state index in [1.165, 1.54) is 68.6 Å². The highest BCUT2D eigenvalue weighted by atomic mass is 79.9. The van der Waals surface area contributed by atoms with Gasteiger partial charge in [-0.1, -0.05) is 140 Å². The van der Waals surface area contributed by atoms with E-state index in [9.17, 15) is 19.8 Å². The molecule has 3 aromatic rings. The highest BCUT2D eigenvalue weighted by molar-refractivity contribution is 9.08. The molecule has 4 saturated heterocycles. The zero-order valence-electron chi connectivity index (χ0n) is 47.1. The van der Waals surface area contributed by atoms with E-state index in [1.54, 1.807) is 0 Å². The molecule has 11 rings (SSSR count). The van der Waals surface area contributed by atoms with Gasteiger partial charge in [0.15, 0.2) is 8.07 Å². The van der Waals surface area contributed by atoms with Gasteiger partial charge in [-0.2, -0.15) is 0 Å². The van der Waals surface area contributed by atoms with Crippen molar-refractivity contribution in [3.05, 3.63) is 108 Å². The monoisotopic (exact) mass is 1130 g/mol. The van der Waals surface area contributed by atoms with Crippen LogP contribution in [0.3, 0.4) is 0 Å². The molecule has 0 bridgehead atoms. The maximum Gasteiger partial charge on any atom is 0.164 e. The van der Waals surface area contributed by atoms with Crippen LogP contribution in [0.25, 0.3) is 0 Å². The standard InChI is InChI=1S/C17H23NO.C15H21NO.C10H17NO.C8H15NO.C7H7Br.C4H9NSi.CH4O.ClH/c1-17(7-8-19)9-15-12-18(13-16(15)10-17)11-14-5-3-2-4-6-14;1-15(17)7-13-10-16(11-14(13)8-15)9-12-5-3-2-4-6-12;1-10(2-3-12)4-8-6-11-7-9(8)5-10;1-8(10)2-6-4-9-5-7(6)3-8;8-6-7-4-2-1-3-5-7;1-6(2,3)4-5;1-2;/h2-6,8,15-16H,7,9-13H2,1H3;2-6,13-14,17H,7-11H2,1H3;3,8-9,11H,2,4-7H2,1H3;6-7,9-10H,2-5H2,1H3;1-5H,6H2;1-3H3;2H,1H3;1H/t15-,16+,17?;13-,14+,15?;8-,9+,10?;6-,7+,8?;;;;. The summed E-state index contributed by atoms with van der Waals surface area (Å²) in [5, 5.41) is 42.7. The van der Waals surface area contributed by atoms with E-state index >= 15 is 0 Å². The Morgan fingerprint density at radius 3 is 1.09 bits per heavy atom. The van der Waals surface area contributed by atoms with Crippen molar-refractivity contribution in [2.24, 2.45) is 58.2 Å². The fraction of sp³-hybridized carbons (Fsp3) is 0.661. The molecule has 10 nitrogen and oxygen atoms in total. The van der Waals surface area contributed by atoms with Gasteiger partial charge in [0.25, 0.3) is 0 Å². The van der Waals surface area contributed by atoms with Crippen LogP contribution in [0.2, 0.25) is 19.6 Å². The smallest absolute Gasteiger partial charge is 0.164 e. The van der Waals surface area contributed by atoms with Crippen molar-refractivity contribution in [1.29, 1.82) is 5.26 Å². The summed E-state index contributed by atoms with van der Waals surface area (Å²) in [6, 6.07) is 31.7. The van der Waals surface area contributed by atoms with Gasteiger partial charge in [-0.15, -0.1) is 12.4 Å². The number of rotatable bonds is 9. The molecule has 8 fully saturated rings. The van der Waals surface area contributed by atoms with Gasteiger partial charge in [0.05, 0.1) is 11.2 Å². The molecule has 8 aliphatic rings. The van der Waals surface area contributed by atoms with E-state index in [0.717, 1.165) is 138 Å². The van der Waals surface area contributed by atoms with Gasteiger partial charge >= 0.3 is 0 Å². The van der Waals surface area contributed by atoms with Crippen LogP contribution in [0.1, 0.15) is 109 Å². The Morgan fingerprint density at radius 2 is 0.813 bits per heavy atom. The summed E-state index contributed by atoms with van der Waals surface area (Å²) in [7, 11) is -0.326. The number of aliphatic hydroxyl groups is 3. The van der Waals surface area contributed by atoms with Crippen molar-refractivity contribution in [1.82, 2.24) is 20.4 Å². The SMILES string of the molecule is BrCc1ccccc1.CC1(CC=O)C[C@H]2CN(Cc3ccccc3)C[C@H]2C1.CC1(CC=O)C[C@H]2CNC[C@H]2C1.CC1(O)C[C@H]2CN(Cc3ccccc3)C[C@H]2C1.CC1(O)C[C@H]2CNC[C@H]2C1.CO.C[Si](C)(C)C#N.Cl. The van der Waals surface area contributed by atoms with E-state index in [4.69, 9.17) is 10.4 Å². The molecule has 3 aromatic carbocycles. The van der Waals surface area contributed by atoms with E-state index in [0.29, 0.717) is 17.3 Å². The fourth-order valence-corrected chi connectivity index (χ4v) is 14.3. The number of benzene rings is 3. The number of likely N-dealkylation sites (tertiary alicyclic amines) is 2. The average molecular weight is 1140 g/mol. The molecule has 13 heteroatoms. The van der Waals surface area contributed by atoms with Crippen molar-refractivity contribution in [2.75, 3.05) is 59.5 Å². The Bertz CT molecular complexity index is 2090. The summed E-state index contributed by atoms with van der Waals surface area (Å²) in [5.74, 6) is 6.29. The number of nitriles is 1. The Morgan fingerprint density at radius 1 is 0.547 bits per heavy atom. The fourth-order valence-electron chi connectivity index (χ4n) is 13.9. The second kappa shape index (κ2) is 30.5. The first-order valence-electron chi connectivity index (χ1n) is 27.9. The van der Waals surface area contributed by atoms with E-state index in [1.807, 2.05) is 51.7 Å². The van der Waals surface area contributed by atoms with Gasteiger partial charge in [-0.05, 0) is 166 Å². The maximum absolute atomic E-state index is 10.8. The van der Waals surface area contributed by atoms with Crippen LogP contribution in [0.5, 0.6) is 0 Å². The number of aliphatic hydroxyl groups excluding tert-OH is 1. The van der Waals surface area contributed by atoms with Crippen LogP contribution in [-0.4, -0.2) is 116 Å². The molecule has 0 amide bonds. The minimum absolute atomic E-state index is 0. The summed E-state index contributed by atoms with van der Waals surface area (Å²) in [6.45, 7) is 26.1. The van der Waals surface area contributed by atoms with Crippen LogP contribution in [-0.2, 0) is 28.0 Å². The Labute approximate surface area is 469 Å². The topological polar surface area (TPSA) is 149 Å². The molecule has 4 saturated carbocycles. The molecule has 4 unspecified atom stereocenters. The number of fused-ring (bicyclic) bond motifs is 4. The molecular weight excluding hydrogens is 1040 g/mol. The third-order valence-corrected chi connectivity index (χ3v) is 18.4. The molecule has 12 atom stereocenters. The van der Waals surface area contributed by atoms with E-state index in [-0.39, 0.29) is 23.4 Å². The van der Waals surface area contributed by atoms with Crippen LogP contribution in [0.4, 0.5) is 0 Å². The van der Waals surface area contributed by atoms with Gasteiger partial charge in [0.1, 0.15) is 12.6 Å². The maximum atomic E-state index is 10.8. The van der Waals surface area contributed by atoms with Crippen molar-refractivity contribution in [3.8, 4) is 5.69 Å². The van der Waals surface area contributed by atoms with Crippen molar-refractivity contribution < 1.29 is 24.9 Å². The summed E-state index contributed by atoms with van der Waals surface area (Å²) < 4.78 is 0. The molecule has 5 N–H and O–H groups in total. The summed E-state index contributed by atoms with van der Waals surface area (Å²) >= 11 is 3.36. The molecule has 4 aliphatic heterocycles. The normalized spacial score (nSPS) is 33.5. The number of carbonyl (C=O) groups is 2. The van der Waals surface area contributed by atoms with Crippen molar-refractivity contribution in [3.63, 3.8) is 0 Å². The van der Waals surface area contributed by atoms with E-state index in [2.05, 4.69) is 129 Å². The van der Waals surface area contributed by atoms with Crippen LogP contribution in [0.15, 0.2) is 91.0 Å². The Balaban J connectivity index is 0.000000200. The lowest BCUT2D eigenvalue weighted by Gasteiger charge is -2.25. The number of hydrogen-bond donors (Lipinski definition) is 5. The molecule has 0 radical (unpaired) electrons. The van der Waals surface area contributed by atoms with Crippen molar-refractivity contribution in [2.45, 2.75) is 141 Å². The molecular formula is C62H97BrClN5O5Si. The second-order valence-corrected chi connectivity index (χ2v) is 31.0. The molecule has 0 spiro atoms. The minimum Gasteiger partial charge on any atom is -0.400 e. The highest BCUT2D eigenvalue weighted by Crippen LogP contribution is 2.51. The molecule has 0 aromatic heterocycles. The quantitative estimate of drug-likeness (QED) is 0.0796. The number of carbonyl (C=O) groups excluding carboxylic acids is 2. The first-order valence-corrected chi connectivity index (χ1v) is 32.5. The predicted molar refractivity (Wildman–Crippen MR) is 316 cm³/mol.